The lowest BCUT2D eigenvalue weighted by Gasteiger charge is -2.00. The summed E-state index contributed by atoms with van der Waals surface area (Å²) < 4.78 is 0. The Labute approximate surface area is 91.2 Å². The Morgan fingerprint density at radius 3 is 2.87 bits per heavy atom. The SMILES string of the molecule is CCC(=O)Cc1ncc(Cl)cc1[N+](=O)[O-]. The lowest BCUT2D eigenvalue weighted by atomic mass is 10.1. The molecule has 1 aromatic rings. The van der Waals surface area contributed by atoms with Crippen molar-refractivity contribution in [2.24, 2.45) is 0 Å². The van der Waals surface area contributed by atoms with E-state index >= 15 is 0 Å². The van der Waals surface area contributed by atoms with Gasteiger partial charge in [-0.05, 0) is 0 Å². The molecule has 0 fully saturated rings. The van der Waals surface area contributed by atoms with E-state index in [1.807, 2.05) is 0 Å². The lowest BCUT2D eigenvalue weighted by molar-refractivity contribution is -0.385. The van der Waals surface area contributed by atoms with Crippen LogP contribution in [0.2, 0.25) is 5.02 Å². The average molecular weight is 229 g/mol. The molecule has 0 radical (unpaired) electrons. The van der Waals surface area contributed by atoms with Crippen molar-refractivity contribution in [1.82, 2.24) is 4.98 Å². The van der Waals surface area contributed by atoms with Gasteiger partial charge < -0.3 is 0 Å². The number of Topliss-reactive ketones (excluding diaryl/α,β-unsaturated/α-hetero) is 1. The van der Waals surface area contributed by atoms with Gasteiger partial charge in [0.1, 0.15) is 11.5 Å². The Morgan fingerprint density at radius 2 is 2.33 bits per heavy atom. The molecule has 15 heavy (non-hydrogen) atoms. The zero-order valence-corrected chi connectivity index (χ0v) is 8.82. The number of nitrogens with zero attached hydrogens (tertiary/aromatic N) is 2. The fraction of sp³-hybridized carbons (Fsp3) is 0.333. The molecule has 0 atom stereocenters. The number of aromatic nitrogens is 1. The van der Waals surface area contributed by atoms with E-state index in [4.69, 9.17) is 11.6 Å². The zero-order valence-electron chi connectivity index (χ0n) is 8.07. The van der Waals surface area contributed by atoms with E-state index in [0.29, 0.717) is 6.42 Å². The van der Waals surface area contributed by atoms with Gasteiger partial charge in [-0.3, -0.25) is 19.9 Å². The smallest absolute Gasteiger partial charge is 0.292 e. The standard InChI is InChI=1S/C9H9ClN2O3/c1-2-7(13)4-8-9(12(14)15)3-6(10)5-11-8/h3,5H,2,4H2,1H3. The molecular weight excluding hydrogens is 220 g/mol. The predicted octanol–water partition coefficient (Wildman–Crippen LogP) is 2.16. The summed E-state index contributed by atoms with van der Waals surface area (Å²) in [6.07, 6.45) is 1.61. The average Bonchev–Trinajstić information content (AvgIpc) is 2.20. The maximum atomic E-state index is 11.1. The monoisotopic (exact) mass is 228 g/mol. The maximum Gasteiger partial charge on any atom is 0.292 e. The number of pyridine rings is 1. The first kappa shape index (κ1) is 11.6. The van der Waals surface area contributed by atoms with Crippen molar-refractivity contribution < 1.29 is 9.72 Å². The van der Waals surface area contributed by atoms with Crippen molar-refractivity contribution in [2.45, 2.75) is 19.8 Å². The number of carbonyl (C=O) groups is 1. The van der Waals surface area contributed by atoms with Gasteiger partial charge >= 0.3 is 0 Å². The van der Waals surface area contributed by atoms with Gasteiger partial charge in [0.05, 0.1) is 16.4 Å². The number of halogens is 1. The summed E-state index contributed by atoms with van der Waals surface area (Å²) in [5.41, 5.74) is -0.0412. The summed E-state index contributed by atoms with van der Waals surface area (Å²) >= 11 is 5.58. The van der Waals surface area contributed by atoms with Gasteiger partial charge in [-0.2, -0.15) is 0 Å². The first-order chi connectivity index (χ1) is 7.04. The molecule has 0 aromatic carbocycles. The Kier molecular flexibility index (Phi) is 3.74. The third-order valence-corrected chi connectivity index (χ3v) is 2.08. The normalized spacial score (nSPS) is 10.0. The number of carbonyl (C=O) groups excluding carboxylic acids is 1. The van der Waals surface area contributed by atoms with Crippen LogP contribution in [0, 0.1) is 10.1 Å². The molecule has 5 nitrogen and oxygen atoms in total. The van der Waals surface area contributed by atoms with Crippen LogP contribution >= 0.6 is 11.6 Å². The van der Waals surface area contributed by atoms with E-state index in [-0.39, 0.29) is 28.6 Å². The molecule has 1 aromatic heterocycles. The van der Waals surface area contributed by atoms with Crippen LogP contribution in [-0.4, -0.2) is 15.7 Å². The molecular formula is C9H9ClN2O3. The minimum Gasteiger partial charge on any atom is -0.299 e. The molecule has 1 rings (SSSR count). The van der Waals surface area contributed by atoms with E-state index < -0.39 is 4.92 Å². The molecule has 0 bridgehead atoms. The van der Waals surface area contributed by atoms with Crippen molar-refractivity contribution in [1.29, 1.82) is 0 Å². The van der Waals surface area contributed by atoms with Crippen LogP contribution in [0.4, 0.5) is 5.69 Å². The van der Waals surface area contributed by atoms with Gasteiger partial charge in [0.2, 0.25) is 0 Å². The summed E-state index contributed by atoms with van der Waals surface area (Å²) in [5, 5.41) is 10.8. The quantitative estimate of drug-likeness (QED) is 0.585. The Hall–Kier alpha value is -1.49. The minimum atomic E-state index is -0.586. The molecule has 0 N–H and O–H groups in total. The molecule has 80 valence electrons. The molecule has 0 saturated heterocycles. The highest BCUT2D eigenvalue weighted by Gasteiger charge is 2.17. The Balaban J connectivity index is 3.06. The van der Waals surface area contributed by atoms with Crippen LogP contribution in [0.15, 0.2) is 12.3 Å². The van der Waals surface area contributed by atoms with E-state index in [9.17, 15) is 14.9 Å². The lowest BCUT2D eigenvalue weighted by Crippen LogP contribution is -2.05. The highest BCUT2D eigenvalue weighted by atomic mass is 35.5. The molecule has 0 spiro atoms. The van der Waals surface area contributed by atoms with Crippen LogP contribution in [0.3, 0.4) is 0 Å². The van der Waals surface area contributed by atoms with Crippen LogP contribution in [0.5, 0.6) is 0 Å². The summed E-state index contributed by atoms with van der Waals surface area (Å²) in [6, 6.07) is 1.20. The van der Waals surface area contributed by atoms with Crippen molar-refractivity contribution in [2.75, 3.05) is 0 Å². The second-order valence-electron chi connectivity index (χ2n) is 2.95. The third kappa shape index (κ3) is 2.99. The van der Waals surface area contributed by atoms with Crippen LogP contribution < -0.4 is 0 Å². The van der Waals surface area contributed by atoms with Gasteiger partial charge in [-0.25, -0.2) is 0 Å². The number of hydrogen-bond acceptors (Lipinski definition) is 4. The van der Waals surface area contributed by atoms with E-state index in [1.54, 1.807) is 6.92 Å². The predicted molar refractivity (Wildman–Crippen MR) is 54.9 cm³/mol. The van der Waals surface area contributed by atoms with Crippen LogP contribution in [0.25, 0.3) is 0 Å². The molecule has 0 aliphatic carbocycles. The summed E-state index contributed by atoms with van der Waals surface area (Å²) in [6.45, 7) is 1.70. The molecule has 6 heteroatoms. The van der Waals surface area contributed by atoms with Gasteiger partial charge in [0.15, 0.2) is 0 Å². The topological polar surface area (TPSA) is 73.1 Å². The van der Waals surface area contributed by atoms with E-state index in [2.05, 4.69) is 4.98 Å². The van der Waals surface area contributed by atoms with Crippen molar-refractivity contribution in [3.8, 4) is 0 Å². The first-order valence-electron chi connectivity index (χ1n) is 4.35. The second-order valence-corrected chi connectivity index (χ2v) is 3.38. The fourth-order valence-electron chi connectivity index (χ4n) is 1.06. The van der Waals surface area contributed by atoms with Crippen LogP contribution in [0.1, 0.15) is 19.0 Å². The summed E-state index contributed by atoms with van der Waals surface area (Å²) in [4.78, 5) is 25.0. The molecule has 1 heterocycles. The number of rotatable bonds is 4. The Bertz CT molecular complexity index is 406. The van der Waals surface area contributed by atoms with Crippen molar-refractivity contribution >= 4 is 23.1 Å². The number of nitro groups is 1. The highest BCUT2D eigenvalue weighted by molar-refractivity contribution is 6.30. The molecule has 0 saturated carbocycles. The van der Waals surface area contributed by atoms with E-state index in [0.717, 1.165) is 0 Å². The second kappa shape index (κ2) is 4.84. The molecule has 0 aliphatic heterocycles. The summed E-state index contributed by atoms with van der Waals surface area (Å²) in [7, 11) is 0. The Morgan fingerprint density at radius 1 is 1.67 bits per heavy atom. The molecule has 0 unspecified atom stereocenters. The maximum absolute atomic E-state index is 11.1. The van der Waals surface area contributed by atoms with Gasteiger partial charge in [-0.15, -0.1) is 0 Å². The largest absolute Gasteiger partial charge is 0.299 e. The fourth-order valence-corrected chi connectivity index (χ4v) is 1.22. The molecule has 0 aliphatic rings. The number of hydrogen-bond donors (Lipinski definition) is 0. The van der Waals surface area contributed by atoms with Crippen molar-refractivity contribution in [3.63, 3.8) is 0 Å². The molecule has 0 amide bonds. The van der Waals surface area contributed by atoms with Gasteiger partial charge in [0, 0.05) is 18.7 Å². The number of ketones is 1. The third-order valence-electron chi connectivity index (χ3n) is 1.87. The zero-order chi connectivity index (χ0) is 11.4. The minimum absolute atomic E-state index is 0.0238. The van der Waals surface area contributed by atoms with Gasteiger partial charge in [0.25, 0.3) is 5.69 Å². The summed E-state index contributed by atoms with van der Waals surface area (Å²) in [5.74, 6) is -0.0899. The highest BCUT2D eigenvalue weighted by Crippen LogP contribution is 2.21. The van der Waals surface area contributed by atoms with Crippen molar-refractivity contribution in [3.05, 3.63) is 33.1 Å². The first-order valence-corrected chi connectivity index (χ1v) is 4.73. The van der Waals surface area contributed by atoms with Gasteiger partial charge in [-0.1, -0.05) is 18.5 Å². The van der Waals surface area contributed by atoms with E-state index in [1.165, 1.54) is 12.3 Å². The van der Waals surface area contributed by atoms with Crippen LogP contribution in [-0.2, 0) is 11.2 Å².